The Balaban J connectivity index is 2.38. The summed E-state index contributed by atoms with van der Waals surface area (Å²) in [4.78, 5) is 11.5. The molecule has 0 spiro atoms. The third-order valence-corrected chi connectivity index (χ3v) is 4.67. The van der Waals surface area contributed by atoms with Crippen LogP contribution in [0.2, 0.25) is 0 Å². The third kappa shape index (κ3) is 2.13. The number of thioether (sulfide) groups is 1. The van der Waals surface area contributed by atoms with Gasteiger partial charge in [0, 0.05) is 4.47 Å². The van der Waals surface area contributed by atoms with E-state index in [0.29, 0.717) is 0 Å². The number of hydrogen-bond acceptors (Lipinski definition) is 2. The predicted molar refractivity (Wildman–Crippen MR) is 70.0 cm³/mol. The molecule has 1 fully saturated rings. The lowest BCUT2D eigenvalue weighted by atomic mass is 9.75. The Bertz CT molecular complexity index is 383. The maximum atomic E-state index is 11.5. The van der Waals surface area contributed by atoms with Crippen molar-refractivity contribution in [3.63, 3.8) is 0 Å². The van der Waals surface area contributed by atoms with Crippen LogP contribution in [0.25, 0.3) is 0 Å². The van der Waals surface area contributed by atoms with Crippen LogP contribution in [0.15, 0.2) is 28.7 Å². The minimum Gasteiger partial charge on any atom is -0.481 e. The summed E-state index contributed by atoms with van der Waals surface area (Å²) in [5.74, 6) is 1.18. The first kappa shape index (κ1) is 12.0. The molecule has 86 valence electrons. The summed E-state index contributed by atoms with van der Waals surface area (Å²) in [6, 6.07) is 7.69. The molecule has 1 aromatic carbocycles. The summed E-state index contributed by atoms with van der Waals surface area (Å²) in [7, 11) is 0. The van der Waals surface area contributed by atoms with E-state index in [9.17, 15) is 9.90 Å². The van der Waals surface area contributed by atoms with Gasteiger partial charge in [-0.05, 0) is 42.0 Å². The standard InChI is InChI=1S/C12H13BrO2S/c13-10-3-1-9(2-4-10)12(11(14)15)5-7-16-8-6-12/h1-4H,5-8H2,(H,14,15). The third-order valence-electron chi connectivity index (χ3n) is 3.15. The Morgan fingerprint density at radius 2 is 1.81 bits per heavy atom. The number of aliphatic carboxylic acids is 1. The maximum absolute atomic E-state index is 11.5. The second kappa shape index (κ2) is 4.80. The smallest absolute Gasteiger partial charge is 0.314 e. The average molecular weight is 301 g/mol. The highest BCUT2D eigenvalue weighted by atomic mass is 79.9. The van der Waals surface area contributed by atoms with E-state index in [2.05, 4.69) is 15.9 Å². The van der Waals surface area contributed by atoms with Crippen molar-refractivity contribution >= 4 is 33.7 Å². The molecule has 0 saturated carbocycles. The summed E-state index contributed by atoms with van der Waals surface area (Å²) in [5.41, 5.74) is 0.273. The van der Waals surface area contributed by atoms with Crippen molar-refractivity contribution in [1.82, 2.24) is 0 Å². The minimum atomic E-state index is -0.685. The van der Waals surface area contributed by atoms with Crippen molar-refractivity contribution < 1.29 is 9.90 Å². The van der Waals surface area contributed by atoms with Crippen molar-refractivity contribution in [2.24, 2.45) is 0 Å². The number of rotatable bonds is 2. The van der Waals surface area contributed by atoms with Gasteiger partial charge in [-0.1, -0.05) is 28.1 Å². The van der Waals surface area contributed by atoms with Crippen molar-refractivity contribution in [2.45, 2.75) is 18.3 Å². The number of carboxylic acids is 1. The summed E-state index contributed by atoms with van der Waals surface area (Å²) in [5, 5.41) is 9.49. The first-order valence-electron chi connectivity index (χ1n) is 5.22. The van der Waals surface area contributed by atoms with Crippen LogP contribution in [0.1, 0.15) is 18.4 Å². The van der Waals surface area contributed by atoms with Crippen LogP contribution in [-0.4, -0.2) is 22.6 Å². The highest BCUT2D eigenvalue weighted by Gasteiger charge is 2.41. The lowest BCUT2D eigenvalue weighted by Gasteiger charge is -2.33. The molecule has 0 radical (unpaired) electrons. The second-order valence-corrected chi connectivity index (χ2v) is 6.15. The maximum Gasteiger partial charge on any atom is 0.314 e. The van der Waals surface area contributed by atoms with Gasteiger partial charge in [0.05, 0.1) is 5.41 Å². The summed E-state index contributed by atoms with van der Waals surface area (Å²) >= 11 is 5.21. The zero-order valence-corrected chi connectivity index (χ0v) is 11.2. The molecule has 1 N–H and O–H groups in total. The molecule has 0 atom stereocenters. The molecule has 16 heavy (non-hydrogen) atoms. The normalized spacial score (nSPS) is 19.3. The Morgan fingerprint density at radius 3 is 2.31 bits per heavy atom. The van der Waals surface area contributed by atoms with E-state index >= 15 is 0 Å². The van der Waals surface area contributed by atoms with Gasteiger partial charge in [0.15, 0.2) is 0 Å². The monoisotopic (exact) mass is 300 g/mol. The largest absolute Gasteiger partial charge is 0.481 e. The summed E-state index contributed by atoms with van der Waals surface area (Å²) in [6.07, 6.45) is 1.46. The molecular weight excluding hydrogens is 288 g/mol. The number of benzene rings is 1. The van der Waals surface area contributed by atoms with Crippen LogP contribution in [0.5, 0.6) is 0 Å². The van der Waals surface area contributed by atoms with Crippen LogP contribution in [0.3, 0.4) is 0 Å². The van der Waals surface area contributed by atoms with E-state index in [1.165, 1.54) is 0 Å². The average Bonchev–Trinajstić information content (AvgIpc) is 2.30. The van der Waals surface area contributed by atoms with E-state index in [1.54, 1.807) is 0 Å². The molecule has 0 aromatic heterocycles. The summed E-state index contributed by atoms with van der Waals surface area (Å²) < 4.78 is 0.988. The fourth-order valence-corrected chi connectivity index (χ4v) is 3.57. The molecule has 1 aliphatic heterocycles. The van der Waals surface area contributed by atoms with Crippen molar-refractivity contribution in [3.8, 4) is 0 Å². The lowest BCUT2D eigenvalue weighted by Crippen LogP contribution is -2.39. The minimum absolute atomic E-state index is 0.661. The molecule has 0 amide bonds. The molecular formula is C12H13BrO2S. The van der Waals surface area contributed by atoms with E-state index in [1.807, 2.05) is 36.0 Å². The van der Waals surface area contributed by atoms with Crippen LogP contribution >= 0.6 is 27.7 Å². The fourth-order valence-electron chi connectivity index (χ4n) is 2.11. The van der Waals surface area contributed by atoms with Gasteiger partial charge in [-0.25, -0.2) is 0 Å². The number of hydrogen-bond donors (Lipinski definition) is 1. The Hall–Kier alpha value is -0.480. The van der Waals surface area contributed by atoms with Gasteiger partial charge in [-0.15, -0.1) is 0 Å². The quantitative estimate of drug-likeness (QED) is 0.910. The zero-order valence-electron chi connectivity index (χ0n) is 8.78. The highest BCUT2D eigenvalue weighted by Crippen LogP contribution is 2.38. The van der Waals surface area contributed by atoms with Crippen LogP contribution in [0, 0.1) is 0 Å². The summed E-state index contributed by atoms with van der Waals surface area (Å²) in [6.45, 7) is 0. The molecule has 1 aliphatic rings. The van der Waals surface area contributed by atoms with Gasteiger partial charge in [0.1, 0.15) is 0 Å². The lowest BCUT2D eigenvalue weighted by molar-refractivity contribution is -0.144. The van der Waals surface area contributed by atoms with Gasteiger partial charge in [-0.2, -0.15) is 11.8 Å². The number of halogens is 1. The first-order chi connectivity index (χ1) is 7.65. The van der Waals surface area contributed by atoms with Crippen molar-refractivity contribution in [1.29, 1.82) is 0 Å². The van der Waals surface area contributed by atoms with E-state index < -0.39 is 11.4 Å². The molecule has 1 saturated heterocycles. The number of carboxylic acid groups (broad SMARTS) is 1. The van der Waals surface area contributed by atoms with Gasteiger partial charge in [0.2, 0.25) is 0 Å². The highest BCUT2D eigenvalue weighted by molar-refractivity contribution is 9.10. The van der Waals surface area contributed by atoms with Crippen LogP contribution in [0.4, 0.5) is 0 Å². The Morgan fingerprint density at radius 1 is 1.25 bits per heavy atom. The number of carbonyl (C=O) groups is 1. The first-order valence-corrected chi connectivity index (χ1v) is 7.17. The zero-order chi connectivity index (χ0) is 11.6. The molecule has 2 nitrogen and oxygen atoms in total. The molecule has 0 aliphatic carbocycles. The van der Waals surface area contributed by atoms with Gasteiger partial charge < -0.3 is 5.11 Å². The fraction of sp³-hybridized carbons (Fsp3) is 0.417. The van der Waals surface area contributed by atoms with Crippen molar-refractivity contribution in [2.75, 3.05) is 11.5 Å². The van der Waals surface area contributed by atoms with Crippen LogP contribution in [-0.2, 0) is 10.2 Å². The van der Waals surface area contributed by atoms with Crippen molar-refractivity contribution in [3.05, 3.63) is 34.3 Å². The molecule has 1 heterocycles. The van der Waals surface area contributed by atoms with Gasteiger partial charge >= 0.3 is 5.97 Å². The molecule has 0 bridgehead atoms. The predicted octanol–water partition coefficient (Wildman–Crippen LogP) is 3.30. The van der Waals surface area contributed by atoms with E-state index in [4.69, 9.17) is 0 Å². The topological polar surface area (TPSA) is 37.3 Å². The van der Waals surface area contributed by atoms with E-state index in [0.717, 1.165) is 34.4 Å². The Labute approximate surface area is 108 Å². The second-order valence-electron chi connectivity index (χ2n) is 4.01. The van der Waals surface area contributed by atoms with Gasteiger partial charge in [-0.3, -0.25) is 4.79 Å². The molecule has 0 unspecified atom stereocenters. The molecule has 2 rings (SSSR count). The van der Waals surface area contributed by atoms with Crippen LogP contribution < -0.4 is 0 Å². The SMILES string of the molecule is O=C(O)C1(c2ccc(Br)cc2)CCSCC1. The van der Waals surface area contributed by atoms with Gasteiger partial charge in [0.25, 0.3) is 0 Å². The molecule has 1 aromatic rings. The Kier molecular flexibility index (Phi) is 3.60. The van der Waals surface area contributed by atoms with E-state index in [-0.39, 0.29) is 0 Å². The molecule has 4 heteroatoms.